The Balaban J connectivity index is 2.28. The van der Waals surface area contributed by atoms with E-state index in [1.165, 1.54) is 25.0 Å². The van der Waals surface area contributed by atoms with Crippen molar-refractivity contribution in [3.05, 3.63) is 11.9 Å². The van der Waals surface area contributed by atoms with Gasteiger partial charge in [0.25, 0.3) is 0 Å². The number of nitrogens with one attached hydrogen (secondary N) is 1. The van der Waals surface area contributed by atoms with Gasteiger partial charge < -0.3 is 15.0 Å². The number of nitrogens with zero attached hydrogens (tertiary/aromatic N) is 3. The van der Waals surface area contributed by atoms with Crippen LogP contribution >= 0.6 is 0 Å². The largest absolute Gasteiger partial charge is 0.493 e. The fraction of sp³-hybridized carbons (Fsp3) is 0.800. The highest BCUT2D eigenvalue weighted by Crippen LogP contribution is 2.35. The molecule has 1 aliphatic heterocycles. The summed E-state index contributed by atoms with van der Waals surface area (Å²) in [6.07, 6.45) is 6.80. The summed E-state index contributed by atoms with van der Waals surface area (Å²) in [7, 11) is 5.91. The molecule has 5 nitrogen and oxygen atoms in total. The molecule has 2 heterocycles. The van der Waals surface area contributed by atoms with Gasteiger partial charge in [0.05, 0.1) is 25.4 Å². The summed E-state index contributed by atoms with van der Waals surface area (Å²) in [6.45, 7) is 5.22. The van der Waals surface area contributed by atoms with Crippen molar-refractivity contribution in [3.63, 3.8) is 0 Å². The van der Waals surface area contributed by atoms with Crippen molar-refractivity contribution in [2.24, 2.45) is 0 Å². The minimum Gasteiger partial charge on any atom is -0.493 e. The number of likely N-dealkylation sites (N-methyl/N-ethyl adjacent to an activating group) is 1. The van der Waals surface area contributed by atoms with Crippen LogP contribution < -0.4 is 10.1 Å². The molecule has 114 valence electrons. The summed E-state index contributed by atoms with van der Waals surface area (Å²) in [5, 5.41) is 8.24. The lowest BCUT2D eigenvalue weighted by atomic mass is 9.91. The van der Waals surface area contributed by atoms with E-state index in [2.05, 4.69) is 41.0 Å². The molecule has 0 radical (unpaired) electrons. The first kappa shape index (κ1) is 15.3. The third kappa shape index (κ3) is 3.33. The lowest BCUT2D eigenvalue weighted by molar-refractivity contribution is 0.296. The number of ether oxygens (including phenoxy) is 1. The zero-order valence-electron chi connectivity index (χ0n) is 13.3. The number of rotatable bonds is 5. The minimum absolute atomic E-state index is 0.0370. The highest BCUT2D eigenvalue weighted by atomic mass is 16.5. The van der Waals surface area contributed by atoms with Crippen molar-refractivity contribution in [1.82, 2.24) is 20.0 Å². The van der Waals surface area contributed by atoms with E-state index in [0.717, 1.165) is 31.8 Å². The van der Waals surface area contributed by atoms with Gasteiger partial charge in [-0.15, -0.1) is 0 Å². The van der Waals surface area contributed by atoms with Crippen LogP contribution in [0.1, 0.15) is 38.3 Å². The Labute approximate surface area is 122 Å². The molecular weight excluding hydrogens is 252 g/mol. The highest BCUT2D eigenvalue weighted by molar-refractivity contribution is 5.32. The molecule has 5 heteroatoms. The Morgan fingerprint density at radius 3 is 2.90 bits per heavy atom. The molecule has 0 bridgehead atoms. The van der Waals surface area contributed by atoms with E-state index < -0.39 is 0 Å². The van der Waals surface area contributed by atoms with Crippen LogP contribution in [0.2, 0.25) is 0 Å². The van der Waals surface area contributed by atoms with Crippen LogP contribution in [0.3, 0.4) is 0 Å². The normalized spacial score (nSPS) is 23.9. The minimum atomic E-state index is -0.0370. The molecule has 0 aliphatic carbocycles. The zero-order chi connectivity index (χ0) is 14.6. The maximum Gasteiger partial charge on any atom is 0.161 e. The van der Waals surface area contributed by atoms with Gasteiger partial charge >= 0.3 is 0 Å². The molecule has 0 saturated carbocycles. The quantitative estimate of drug-likeness (QED) is 0.893. The molecule has 1 aromatic heterocycles. The van der Waals surface area contributed by atoms with Crippen molar-refractivity contribution in [3.8, 4) is 5.75 Å². The van der Waals surface area contributed by atoms with E-state index in [9.17, 15) is 0 Å². The third-order valence-corrected chi connectivity index (χ3v) is 4.18. The SMILES string of the molecule is COc1cnn(CCN(C)C)c1C1(C)CCCCCN1. The van der Waals surface area contributed by atoms with E-state index in [0.29, 0.717) is 0 Å². The van der Waals surface area contributed by atoms with E-state index >= 15 is 0 Å². The Morgan fingerprint density at radius 1 is 1.40 bits per heavy atom. The maximum atomic E-state index is 5.56. The predicted molar refractivity (Wildman–Crippen MR) is 81.2 cm³/mol. The fourth-order valence-corrected chi connectivity index (χ4v) is 2.97. The van der Waals surface area contributed by atoms with E-state index in [1.807, 2.05) is 6.20 Å². The molecule has 0 amide bonds. The van der Waals surface area contributed by atoms with E-state index in [1.54, 1.807) is 7.11 Å². The fourth-order valence-electron chi connectivity index (χ4n) is 2.97. The van der Waals surface area contributed by atoms with Crippen molar-refractivity contribution in [2.45, 2.75) is 44.7 Å². The van der Waals surface area contributed by atoms with Crippen LogP contribution in [0, 0.1) is 0 Å². The van der Waals surface area contributed by atoms with Gasteiger partial charge in [-0.3, -0.25) is 4.68 Å². The Kier molecular flexibility index (Phi) is 5.05. The number of hydrogen-bond donors (Lipinski definition) is 1. The van der Waals surface area contributed by atoms with Crippen LogP contribution in [-0.4, -0.2) is 49.0 Å². The zero-order valence-corrected chi connectivity index (χ0v) is 13.3. The smallest absolute Gasteiger partial charge is 0.161 e. The third-order valence-electron chi connectivity index (χ3n) is 4.18. The highest BCUT2D eigenvalue weighted by Gasteiger charge is 2.34. The first-order valence-corrected chi connectivity index (χ1v) is 7.57. The summed E-state index contributed by atoms with van der Waals surface area (Å²) in [5.41, 5.74) is 1.16. The van der Waals surface area contributed by atoms with E-state index in [4.69, 9.17) is 4.74 Å². The first-order chi connectivity index (χ1) is 9.57. The van der Waals surface area contributed by atoms with Crippen LogP contribution in [0.25, 0.3) is 0 Å². The van der Waals surface area contributed by atoms with Gasteiger partial charge in [-0.05, 0) is 40.4 Å². The first-order valence-electron chi connectivity index (χ1n) is 7.57. The van der Waals surface area contributed by atoms with Gasteiger partial charge in [-0.1, -0.05) is 12.8 Å². The van der Waals surface area contributed by atoms with Crippen LogP contribution in [0.5, 0.6) is 5.75 Å². The molecule has 1 unspecified atom stereocenters. The molecule has 2 rings (SSSR count). The second-order valence-corrected chi connectivity index (χ2v) is 6.16. The van der Waals surface area contributed by atoms with Gasteiger partial charge in [0.15, 0.2) is 5.75 Å². The Bertz CT molecular complexity index is 420. The summed E-state index contributed by atoms with van der Waals surface area (Å²) in [6, 6.07) is 0. The average Bonchev–Trinajstić information content (AvgIpc) is 2.72. The molecule has 1 aliphatic rings. The number of methoxy groups -OCH3 is 1. The monoisotopic (exact) mass is 280 g/mol. The topological polar surface area (TPSA) is 42.3 Å². The molecule has 20 heavy (non-hydrogen) atoms. The second kappa shape index (κ2) is 6.59. The second-order valence-electron chi connectivity index (χ2n) is 6.16. The van der Waals surface area contributed by atoms with Crippen molar-refractivity contribution < 1.29 is 4.74 Å². The molecule has 1 saturated heterocycles. The predicted octanol–water partition coefficient (Wildman–Crippen LogP) is 1.83. The van der Waals surface area contributed by atoms with Crippen LogP contribution in [-0.2, 0) is 12.1 Å². The van der Waals surface area contributed by atoms with Gasteiger partial charge in [0.1, 0.15) is 5.69 Å². The summed E-state index contributed by atoms with van der Waals surface area (Å²) in [5.74, 6) is 0.903. The Hall–Kier alpha value is -1.07. The lowest BCUT2D eigenvalue weighted by Gasteiger charge is -2.31. The van der Waals surface area contributed by atoms with Gasteiger partial charge in [-0.25, -0.2) is 0 Å². The number of hydrogen-bond acceptors (Lipinski definition) is 4. The molecule has 1 N–H and O–H groups in total. The van der Waals surface area contributed by atoms with Gasteiger partial charge in [0, 0.05) is 6.54 Å². The van der Waals surface area contributed by atoms with Crippen molar-refractivity contribution in [2.75, 3.05) is 34.3 Å². The number of aromatic nitrogens is 2. The summed E-state index contributed by atoms with van der Waals surface area (Å²) in [4.78, 5) is 2.18. The lowest BCUT2D eigenvalue weighted by Crippen LogP contribution is -2.41. The summed E-state index contributed by atoms with van der Waals surface area (Å²) >= 11 is 0. The van der Waals surface area contributed by atoms with Gasteiger partial charge in [0.2, 0.25) is 0 Å². The molecular formula is C15H28N4O. The summed E-state index contributed by atoms with van der Waals surface area (Å²) < 4.78 is 7.66. The van der Waals surface area contributed by atoms with Crippen molar-refractivity contribution in [1.29, 1.82) is 0 Å². The molecule has 0 aromatic carbocycles. The average molecular weight is 280 g/mol. The molecule has 1 aromatic rings. The van der Waals surface area contributed by atoms with Crippen molar-refractivity contribution >= 4 is 0 Å². The maximum absolute atomic E-state index is 5.56. The molecule has 1 fully saturated rings. The Morgan fingerprint density at radius 2 is 2.20 bits per heavy atom. The van der Waals surface area contributed by atoms with Crippen LogP contribution in [0.4, 0.5) is 0 Å². The standard InChI is InChI=1S/C15H28N4O/c1-15(8-6-5-7-9-16-15)14-13(20-4)12-17-19(14)11-10-18(2)3/h12,16H,5-11H2,1-4H3. The van der Waals surface area contributed by atoms with Crippen LogP contribution in [0.15, 0.2) is 6.20 Å². The van der Waals surface area contributed by atoms with Gasteiger partial charge in [-0.2, -0.15) is 5.10 Å². The van der Waals surface area contributed by atoms with E-state index in [-0.39, 0.29) is 5.54 Å². The molecule has 0 spiro atoms. The molecule has 1 atom stereocenters.